The lowest BCUT2D eigenvalue weighted by Gasteiger charge is -2.10. The highest BCUT2D eigenvalue weighted by Gasteiger charge is 2.20. The summed E-state index contributed by atoms with van der Waals surface area (Å²) >= 11 is 0. The monoisotopic (exact) mass is 246 g/mol. The zero-order valence-electron chi connectivity index (χ0n) is 9.98. The van der Waals surface area contributed by atoms with Crippen molar-refractivity contribution in [2.24, 2.45) is 5.73 Å². The second kappa shape index (κ2) is 5.52. The van der Waals surface area contributed by atoms with E-state index in [0.717, 1.165) is 5.69 Å². The van der Waals surface area contributed by atoms with Crippen LogP contribution in [0.2, 0.25) is 0 Å². The number of ether oxygens (including phenoxy) is 1. The molecular formula is C12H14N4O2. The lowest BCUT2D eigenvalue weighted by atomic mass is 10.1. The van der Waals surface area contributed by atoms with Crippen molar-refractivity contribution >= 4 is 5.78 Å². The van der Waals surface area contributed by atoms with Crippen molar-refractivity contribution in [3.63, 3.8) is 0 Å². The number of hydrogen-bond acceptors (Lipinski definition) is 5. The van der Waals surface area contributed by atoms with E-state index < -0.39 is 6.04 Å². The van der Waals surface area contributed by atoms with Crippen LogP contribution in [0.25, 0.3) is 5.69 Å². The van der Waals surface area contributed by atoms with E-state index in [1.54, 1.807) is 0 Å². The summed E-state index contributed by atoms with van der Waals surface area (Å²) in [7, 11) is 1.50. The van der Waals surface area contributed by atoms with Crippen molar-refractivity contribution < 1.29 is 9.53 Å². The Labute approximate surface area is 104 Å². The van der Waals surface area contributed by atoms with Crippen LogP contribution in [-0.2, 0) is 4.74 Å². The maximum absolute atomic E-state index is 12.1. The van der Waals surface area contributed by atoms with Gasteiger partial charge >= 0.3 is 0 Å². The number of benzene rings is 1. The Balaban J connectivity index is 2.31. The molecule has 1 unspecified atom stereocenters. The van der Waals surface area contributed by atoms with E-state index in [4.69, 9.17) is 10.5 Å². The molecular weight excluding hydrogens is 232 g/mol. The van der Waals surface area contributed by atoms with Gasteiger partial charge in [0.2, 0.25) is 5.78 Å². The van der Waals surface area contributed by atoms with Crippen LogP contribution < -0.4 is 5.73 Å². The van der Waals surface area contributed by atoms with Gasteiger partial charge in [-0.1, -0.05) is 23.4 Å². The van der Waals surface area contributed by atoms with Crippen molar-refractivity contribution in [1.29, 1.82) is 0 Å². The fourth-order valence-electron chi connectivity index (χ4n) is 1.61. The van der Waals surface area contributed by atoms with E-state index in [0.29, 0.717) is 5.69 Å². The van der Waals surface area contributed by atoms with E-state index in [1.165, 1.54) is 18.0 Å². The molecule has 6 heteroatoms. The third-order valence-corrected chi connectivity index (χ3v) is 2.49. The van der Waals surface area contributed by atoms with Crippen molar-refractivity contribution in [3.05, 3.63) is 42.2 Å². The molecule has 0 aliphatic heterocycles. The van der Waals surface area contributed by atoms with Crippen LogP contribution in [0.4, 0.5) is 0 Å². The van der Waals surface area contributed by atoms with Crippen LogP contribution in [-0.4, -0.2) is 40.5 Å². The van der Waals surface area contributed by atoms with Gasteiger partial charge in [0, 0.05) is 7.11 Å². The number of rotatable bonds is 5. The van der Waals surface area contributed by atoms with E-state index in [2.05, 4.69) is 10.3 Å². The van der Waals surface area contributed by atoms with Crippen molar-refractivity contribution in [3.8, 4) is 5.69 Å². The number of para-hydroxylation sites is 1. The first-order valence-corrected chi connectivity index (χ1v) is 5.49. The largest absolute Gasteiger partial charge is 0.383 e. The molecule has 0 bridgehead atoms. The lowest BCUT2D eigenvalue weighted by Crippen LogP contribution is -2.36. The highest BCUT2D eigenvalue weighted by molar-refractivity contribution is 5.98. The van der Waals surface area contributed by atoms with E-state index in [-0.39, 0.29) is 12.4 Å². The summed E-state index contributed by atoms with van der Waals surface area (Å²) in [5, 5.41) is 7.66. The number of ketones is 1. The van der Waals surface area contributed by atoms with Gasteiger partial charge in [0.1, 0.15) is 5.69 Å². The molecule has 0 aliphatic rings. The Morgan fingerprint density at radius 2 is 2.17 bits per heavy atom. The third kappa shape index (κ3) is 2.44. The minimum Gasteiger partial charge on any atom is -0.383 e. The average Bonchev–Trinajstić information content (AvgIpc) is 2.88. The number of methoxy groups -OCH3 is 1. The van der Waals surface area contributed by atoms with Crippen molar-refractivity contribution in [2.75, 3.05) is 13.7 Å². The van der Waals surface area contributed by atoms with E-state index in [1.807, 2.05) is 30.3 Å². The van der Waals surface area contributed by atoms with E-state index >= 15 is 0 Å². The van der Waals surface area contributed by atoms with Gasteiger partial charge < -0.3 is 10.5 Å². The van der Waals surface area contributed by atoms with Gasteiger partial charge in [-0.15, -0.1) is 5.10 Å². The van der Waals surface area contributed by atoms with Crippen molar-refractivity contribution in [2.45, 2.75) is 6.04 Å². The number of carbonyl (C=O) groups excluding carboxylic acids is 1. The summed E-state index contributed by atoms with van der Waals surface area (Å²) in [4.78, 5) is 12.1. The first-order chi connectivity index (χ1) is 8.74. The summed E-state index contributed by atoms with van der Waals surface area (Å²) in [5.41, 5.74) is 6.84. The quantitative estimate of drug-likeness (QED) is 0.773. The van der Waals surface area contributed by atoms with Gasteiger partial charge in [0.05, 0.1) is 24.5 Å². The lowest BCUT2D eigenvalue weighted by molar-refractivity contribution is 0.0884. The van der Waals surface area contributed by atoms with Crippen LogP contribution in [0, 0.1) is 0 Å². The van der Waals surface area contributed by atoms with Crippen LogP contribution in [0.3, 0.4) is 0 Å². The van der Waals surface area contributed by atoms with Gasteiger partial charge in [0.25, 0.3) is 0 Å². The predicted molar refractivity (Wildman–Crippen MR) is 65.5 cm³/mol. The smallest absolute Gasteiger partial charge is 0.201 e. The fraction of sp³-hybridized carbons (Fsp3) is 0.250. The Kier molecular flexibility index (Phi) is 3.81. The van der Waals surface area contributed by atoms with Crippen LogP contribution in [0.15, 0.2) is 36.5 Å². The molecule has 0 saturated heterocycles. The van der Waals surface area contributed by atoms with Crippen LogP contribution >= 0.6 is 0 Å². The van der Waals surface area contributed by atoms with Gasteiger partial charge in [-0.2, -0.15) is 0 Å². The number of hydrogen-bond donors (Lipinski definition) is 1. The second-order valence-corrected chi connectivity index (χ2v) is 3.79. The molecule has 0 spiro atoms. The first-order valence-electron chi connectivity index (χ1n) is 5.49. The molecule has 1 aromatic heterocycles. The maximum atomic E-state index is 12.1. The summed E-state index contributed by atoms with van der Waals surface area (Å²) in [5.74, 6) is -0.245. The third-order valence-electron chi connectivity index (χ3n) is 2.49. The van der Waals surface area contributed by atoms with Gasteiger partial charge in [-0.05, 0) is 12.1 Å². The molecule has 2 aromatic rings. The SMILES string of the molecule is COCC(N)C(=O)c1cnnn1-c1ccccc1. The Hall–Kier alpha value is -2.05. The average molecular weight is 246 g/mol. The topological polar surface area (TPSA) is 83.0 Å². The number of carbonyl (C=O) groups is 1. The van der Waals surface area contributed by atoms with Gasteiger partial charge in [-0.25, -0.2) is 4.68 Å². The standard InChI is InChI=1S/C12H14N4O2/c1-18-8-10(13)12(17)11-7-14-15-16(11)9-5-3-2-4-6-9/h2-7,10H,8,13H2,1H3. The Bertz CT molecular complexity index is 524. The summed E-state index contributed by atoms with van der Waals surface area (Å²) in [6.45, 7) is 0.165. The van der Waals surface area contributed by atoms with Gasteiger partial charge in [0.15, 0.2) is 0 Å². The molecule has 0 aliphatic carbocycles. The molecule has 0 radical (unpaired) electrons. The summed E-state index contributed by atoms with van der Waals surface area (Å²) in [6.07, 6.45) is 1.41. The minimum absolute atomic E-state index is 0.165. The number of nitrogens with zero attached hydrogens (tertiary/aromatic N) is 3. The Morgan fingerprint density at radius 3 is 2.83 bits per heavy atom. The Morgan fingerprint density at radius 1 is 1.44 bits per heavy atom. The highest BCUT2D eigenvalue weighted by atomic mass is 16.5. The molecule has 94 valence electrons. The zero-order valence-corrected chi connectivity index (χ0v) is 9.98. The van der Waals surface area contributed by atoms with Crippen molar-refractivity contribution in [1.82, 2.24) is 15.0 Å². The first kappa shape index (κ1) is 12.4. The molecule has 0 fully saturated rings. The summed E-state index contributed by atoms with van der Waals surface area (Å²) in [6, 6.07) is 8.58. The molecule has 2 rings (SSSR count). The fourth-order valence-corrected chi connectivity index (χ4v) is 1.61. The number of nitrogens with two attached hydrogens (primary N) is 1. The number of aromatic nitrogens is 3. The molecule has 6 nitrogen and oxygen atoms in total. The molecule has 1 atom stereocenters. The second-order valence-electron chi connectivity index (χ2n) is 3.79. The zero-order chi connectivity index (χ0) is 13.0. The molecule has 1 heterocycles. The molecule has 0 amide bonds. The summed E-state index contributed by atoms with van der Waals surface area (Å²) < 4.78 is 6.34. The molecule has 2 N–H and O–H groups in total. The predicted octanol–water partition coefficient (Wildman–Crippen LogP) is 0.424. The highest BCUT2D eigenvalue weighted by Crippen LogP contribution is 2.10. The molecule has 0 saturated carbocycles. The molecule has 1 aromatic carbocycles. The number of Topliss-reactive ketones (excluding diaryl/α,β-unsaturated/α-hetero) is 1. The van der Waals surface area contributed by atoms with Gasteiger partial charge in [-0.3, -0.25) is 4.79 Å². The van der Waals surface area contributed by atoms with Crippen LogP contribution in [0.5, 0.6) is 0 Å². The maximum Gasteiger partial charge on any atom is 0.201 e. The van der Waals surface area contributed by atoms with E-state index in [9.17, 15) is 4.79 Å². The normalized spacial score (nSPS) is 12.3. The molecule has 18 heavy (non-hydrogen) atoms. The minimum atomic E-state index is -0.712. The van der Waals surface area contributed by atoms with Crippen LogP contribution in [0.1, 0.15) is 10.5 Å².